The predicted molar refractivity (Wildman–Crippen MR) is 137 cm³/mol. The summed E-state index contributed by atoms with van der Waals surface area (Å²) in [4.78, 5) is 31.1. The molecule has 0 unspecified atom stereocenters. The number of hydrogen-bond donors (Lipinski definition) is 3. The van der Waals surface area contributed by atoms with Gasteiger partial charge < -0.3 is 24.7 Å². The first-order chi connectivity index (χ1) is 16.6. The summed E-state index contributed by atoms with van der Waals surface area (Å²) < 4.78 is 5.13. The SMILES string of the molecule is CCOC(=O)c1sc(Nc2nc(N3CCC(O)CC3)cc(N3CCC(C(C)(C)O)CC3)n2)nc1C. The minimum Gasteiger partial charge on any atom is -0.462 e. The number of anilines is 4. The lowest BCUT2D eigenvalue weighted by molar-refractivity contribution is 0.00644. The number of esters is 1. The van der Waals surface area contributed by atoms with Gasteiger partial charge >= 0.3 is 5.97 Å². The maximum absolute atomic E-state index is 12.2. The van der Waals surface area contributed by atoms with Crippen LogP contribution in [-0.4, -0.2) is 75.6 Å². The summed E-state index contributed by atoms with van der Waals surface area (Å²) in [6.07, 6.45) is 2.90. The normalized spacial score (nSPS) is 18.1. The molecule has 11 heteroatoms. The zero-order valence-corrected chi connectivity index (χ0v) is 21.8. The zero-order chi connectivity index (χ0) is 25.2. The molecule has 2 fully saturated rings. The maximum Gasteiger partial charge on any atom is 0.350 e. The summed E-state index contributed by atoms with van der Waals surface area (Å²) in [5.41, 5.74) is -0.0881. The number of aromatic nitrogens is 3. The number of nitrogens with zero attached hydrogens (tertiary/aromatic N) is 5. The van der Waals surface area contributed by atoms with Gasteiger partial charge in [-0.1, -0.05) is 11.3 Å². The summed E-state index contributed by atoms with van der Waals surface area (Å²) in [7, 11) is 0. The maximum atomic E-state index is 12.2. The standard InChI is InChI=1S/C24H36N6O4S/c1-5-34-21(32)20-15(2)25-23(35-20)28-22-26-18(29-10-6-16(7-11-29)24(3,4)33)14-19(27-22)30-12-8-17(31)9-13-30/h14,16-17,31,33H,5-13H2,1-4H3,(H,25,26,27,28). The number of hydrogen-bond acceptors (Lipinski definition) is 11. The predicted octanol–water partition coefficient (Wildman–Crippen LogP) is 3.11. The van der Waals surface area contributed by atoms with Crippen LogP contribution in [0.2, 0.25) is 0 Å². The first-order valence-corrected chi connectivity index (χ1v) is 13.2. The van der Waals surface area contributed by atoms with Gasteiger partial charge in [-0.15, -0.1) is 0 Å². The lowest BCUT2D eigenvalue weighted by Gasteiger charge is -2.38. The van der Waals surface area contributed by atoms with E-state index in [2.05, 4.69) is 20.1 Å². The highest BCUT2D eigenvalue weighted by atomic mass is 32.1. The summed E-state index contributed by atoms with van der Waals surface area (Å²) in [5, 5.41) is 24.1. The molecule has 192 valence electrons. The highest BCUT2D eigenvalue weighted by molar-refractivity contribution is 7.17. The molecule has 2 aromatic heterocycles. The van der Waals surface area contributed by atoms with E-state index in [4.69, 9.17) is 14.7 Å². The van der Waals surface area contributed by atoms with Crippen molar-refractivity contribution in [1.29, 1.82) is 0 Å². The Morgan fingerprint density at radius 1 is 1.11 bits per heavy atom. The Kier molecular flexibility index (Phi) is 7.77. The van der Waals surface area contributed by atoms with Crippen LogP contribution < -0.4 is 15.1 Å². The molecule has 0 aliphatic carbocycles. The number of piperidine rings is 2. The monoisotopic (exact) mass is 504 g/mol. The van der Waals surface area contributed by atoms with E-state index in [1.807, 2.05) is 19.9 Å². The number of aliphatic hydroxyl groups excluding tert-OH is 1. The highest BCUT2D eigenvalue weighted by Gasteiger charge is 2.31. The fourth-order valence-corrected chi connectivity index (χ4v) is 5.50. The van der Waals surface area contributed by atoms with Crippen molar-refractivity contribution < 1.29 is 19.7 Å². The number of rotatable bonds is 7. The fourth-order valence-electron chi connectivity index (χ4n) is 4.64. The number of carbonyl (C=O) groups excluding carboxylic acids is 1. The molecule has 2 aliphatic heterocycles. The molecule has 4 heterocycles. The Bertz CT molecular complexity index is 1020. The molecule has 0 radical (unpaired) electrons. The molecule has 0 saturated carbocycles. The molecule has 35 heavy (non-hydrogen) atoms. The summed E-state index contributed by atoms with van der Waals surface area (Å²) in [6, 6.07) is 2.00. The van der Waals surface area contributed by atoms with Crippen molar-refractivity contribution in [2.45, 2.75) is 65.1 Å². The third kappa shape index (κ3) is 6.20. The van der Waals surface area contributed by atoms with Crippen LogP contribution in [0.4, 0.5) is 22.7 Å². The molecule has 0 bridgehead atoms. The molecule has 2 saturated heterocycles. The Labute approximate surface area is 210 Å². The van der Waals surface area contributed by atoms with Crippen molar-refractivity contribution >= 4 is 40.0 Å². The van der Waals surface area contributed by atoms with E-state index in [1.165, 1.54) is 11.3 Å². The van der Waals surface area contributed by atoms with E-state index in [-0.39, 0.29) is 18.0 Å². The highest BCUT2D eigenvalue weighted by Crippen LogP contribution is 2.33. The molecular weight excluding hydrogens is 468 g/mol. The van der Waals surface area contributed by atoms with E-state index >= 15 is 0 Å². The molecule has 0 amide bonds. The van der Waals surface area contributed by atoms with Gasteiger partial charge in [-0.2, -0.15) is 9.97 Å². The van der Waals surface area contributed by atoms with Crippen molar-refractivity contribution in [3.63, 3.8) is 0 Å². The Morgan fingerprint density at radius 3 is 2.23 bits per heavy atom. The van der Waals surface area contributed by atoms with Gasteiger partial charge in [0.15, 0.2) is 5.13 Å². The van der Waals surface area contributed by atoms with E-state index < -0.39 is 5.60 Å². The molecule has 0 atom stereocenters. The first-order valence-electron chi connectivity index (χ1n) is 12.3. The van der Waals surface area contributed by atoms with Crippen LogP contribution in [0, 0.1) is 12.8 Å². The van der Waals surface area contributed by atoms with Crippen LogP contribution in [0.15, 0.2) is 6.07 Å². The number of aryl methyl sites for hydroxylation is 1. The van der Waals surface area contributed by atoms with Gasteiger partial charge in [0.2, 0.25) is 5.95 Å². The number of thiazole rings is 1. The van der Waals surface area contributed by atoms with E-state index in [0.29, 0.717) is 41.1 Å². The van der Waals surface area contributed by atoms with E-state index in [0.717, 1.165) is 50.7 Å². The number of aliphatic hydroxyl groups is 2. The topological polar surface area (TPSA) is 124 Å². The molecule has 0 aromatic carbocycles. The second kappa shape index (κ2) is 10.6. The second-order valence-corrected chi connectivity index (χ2v) is 10.8. The molecular formula is C24H36N6O4S. The van der Waals surface area contributed by atoms with Gasteiger partial charge in [0, 0.05) is 32.2 Å². The number of nitrogens with one attached hydrogen (secondary N) is 1. The third-order valence-electron chi connectivity index (χ3n) is 6.78. The molecule has 10 nitrogen and oxygen atoms in total. The van der Waals surface area contributed by atoms with Gasteiger partial charge in [-0.05, 0) is 59.3 Å². The van der Waals surface area contributed by atoms with Crippen molar-refractivity contribution in [1.82, 2.24) is 15.0 Å². The van der Waals surface area contributed by atoms with Crippen LogP contribution >= 0.6 is 11.3 Å². The lowest BCUT2D eigenvalue weighted by Crippen LogP contribution is -2.42. The molecule has 4 rings (SSSR count). The van der Waals surface area contributed by atoms with Gasteiger partial charge in [-0.3, -0.25) is 5.32 Å². The zero-order valence-electron chi connectivity index (χ0n) is 21.0. The van der Waals surface area contributed by atoms with Gasteiger partial charge in [0.1, 0.15) is 16.5 Å². The van der Waals surface area contributed by atoms with E-state index in [9.17, 15) is 15.0 Å². The van der Waals surface area contributed by atoms with Crippen molar-refractivity contribution in [2.24, 2.45) is 5.92 Å². The van der Waals surface area contributed by atoms with Crippen molar-refractivity contribution in [2.75, 3.05) is 47.9 Å². The fraction of sp³-hybridized carbons (Fsp3) is 0.667. The minimum atomic E-state index is -0.691. The second-order valence-electron chi connectivity index (χ2n) is 9.82. The van der Waals surface area contributed by atoms with E-state index in [1.54, 1.807) is 13.8 Å². The molecule has 2 aromatic rings. The first kappa shape index (κ1) is 25.6. The van der Waals surface area contributed by atoms with Crippen molar-refractivity contribution in [3.05, 3.63) is 16.6 Å². The molecule has 3 N–H and O–H groups in total. The van der Waals surface area contributed by atoms with Crippen LogP contribution in [0.25, 0.3) is 0 Å². The Hall–Kier alpha value is -2.50. The van der Waals surface area contributed by atoms with Crippen LogP contribution in [-0.2, 0) is 4.74 Å². The molecule has 0 spiro atoms. The van der Waals surface area contributed by atoms with Crippen LogP contribution in [0.5, 0.6) is 0 Å². The van der Waals surface area contributed by atoms with Gasteiger partial charge in [0.05, 0.1) is 24.0 Å². The average Bonchev–Trinajstić information content (AvgIpc) is 3.19. The Morgan fingerprint density at radius 2 is 1.69 bits per heavy atom. The Balaban J connectivity index is 1.59. The third-order valence-corrected chi connectivity index (χ3v) is 7.83. The molecule has 2 aliphatic rings. The van der Waals surface area contributed by atoms with Crippen molar-refractivity contribution in [3.8, 4) is 0 Å². The summed E-state index contributed by atoms with van der Waals surface area (Å²) >= 11 is 1.22. The minimum absolute atomic E-state index is 0.251. The van der Waals surface area contributed by atoms with Crippen LogP contribution in [0.1, 0.15) is 61.8 Å². The summed E-state index contributed by atoms with van der Waals surface area (Å²) in [5.74, 6) is 1.90. The van der Waals surface area contributed by atoms with Gasteiger partial charge in [-0.25, -0.2) is 9.78 Å². The number of carbonyl (C=O) groups is 1. The van der Waals surface area contributed by atoms with Crippen LogP contribution in [0.3, 0.4) is 0 Å². The average molecular weight is 505 g/mol. The largest absolute Gasteiger partial charge is 0.462 e. The lowest BCUT2D eigenvalue weighted by atomic mass is 9.83. The van der Waals surface area contributed by atoms with Gasteiger partial charge in [0.25, 0.3) is 0 Å². The smallest absolute Gasteiger partial charge is 0.350 e. The number of ether oxygens (including phenoxy) is 1. The quantitative estimate of drug-likeness (QED) is 0.485. The summed E-state index contributed by atoms with van der Waals surface area (Å²) in [6.45, 7) is 10.7.